The molecule has 3 aromatic rings. The molecule has 0 fully saturated rings. The Bertz CT molecular complexity index is 638. The van der Waals surface area contributed by atoms with Crippen molar-refractivity contribution in [2.45, 2.75) is 19.1 Å². The zero-order valence-electron chi connectivity index (χ0n) is 11.6. The van der Waals surface area contributed by atoms with E-state index in [2.05, 4.69) is 39.7 Å². The first-order chi connectivity index (χ1) is 10.4. The number of rotatable bonds is 6. The van der Waals surface area contributed by atoms with Crippen LogP contribution in [0.25, 0.3) is 0 Å². The maximum absolute atomic E-state index is 6.11. The van der Waals surface area contributed by atoms with E-state index in [0.717, 1.165) is 11.3 Å². The smallest absolute Gasteiger partial charge is 0.0886 e. The van der Waals surface area contributed by atoms with Gasteiger partial charge in [0.1, 0.15) is 0 Å². The van der Waals surface area contributed by atoms with Crippen LogP contribution in [0.5, 0.6) is 0 Å². The minimum atomic E-state index is -0.0310. The monoisotopic (exact) mass is 279 g/mol. The quantitative estimate of drug-likeness (QED) is 0.753. The summed E-state index contributed by atoms with van der Waals surface area (Å²) in [4.78, 5) is 0. The van der Waals surface area contributed by atoms with Gasteiger partial charge in [0.15, 0.2) is 0 Å². The highest BCUT2D eigenvalue weighted by molar-refractivity contribution is 5.20. The predicted octanol–water partition coefficient (Wildman–Crippen LogP) is 3.31. The molecular formula is C17H17N3O. The third-order valence-corrected chi connectivity index (χ3v) is 3.32. The molecule has 1 N–H and O–H groups in total. The average Bonchev–Trinajstić information content (AvgIpc) is 3.06. The van der Waals surface area contributed by atoms with E-state index in [4.69, 9.17) is 4.74 Å². The third kappa shape index (κ3) is 3.77. The molecule has 21 heavy (non-hydrogen) atoms. The molecular weight excluding hydrogens is 262 g/mol. The van der Waals surface area contributed by atoms with Crippen molar-refractivity contribution in [2.24, 2.45) is 0 Å². The number of aromatic nitrogens is 3. The summed E-state index contributed by atoms with van der Waals surface area (Å²) in [7, 11) is 0. The molecule has 1 heterocycles. The zero-order valence-corrected chi connectivity index (χ0v) is 11.6. The standard InChI is InChI=1S/C17H17N3O/c1-3-7-14(8-4-1)13-21-17(11-16-12-18-20-19-16)15-9-5-2-6-10-15/h1-10,12,17H,11,13H2,(H,18,19,20). The van der Waals surface area contributed by atoms with E-state index in [1.54, 1.807) is 6.20 Å². The molecule has 106 valence electrons. The lowest BCUT2D eigenvalue weighted by Crippen LogP contribution is -2.08. The van der Waals surface area contributed by atoms with Gasteiger partial charge < -0.3 is 4.74 Å². The van der Waals surface area contributed by atoms with Crippen molar-refractivity contribution >= 4 is 0 Å². The molecule has 4 nitrogen and oxygen atoms in total. The van der Waals surface area contributed by atoms with Gasteiger partial charge in [-0.05, 0) is 11.1 Å². The summed E-state index contributed by atoms with van der Waals surface area (Å²) in [6.45, 7) is 0.582. The van der Waals surface area contributed by atoms with Gasteiger partial charge in [-0.25, -0.2) is 0 Å². The van der Waals surface area contributed by atoms with Gasteiger partial charge in [0.2, 0.25) is 0 Å². The van der Waals surface area contributed by atoms with Gasteiger partial charge >= 0.3 is 0 Å². The van der Waals surface area contributed by atoms with Crippen LogP contribution in [0, 0.1) is 0 Å². The van der Waals surface area contributed by atoms with Gasteiger partial charge in [-0.15, -0.1) is 0 Å². The van der Waals surface area contributed by atoms with Crippen LogP contribution in [0.1, 0.15) is 22.9 Å². The van der Waals surface area contributed by atoms with Gasteiger partial charge in [0, 0.05) is 6.42 Å². The van der Waals surface area contributed by atoms with Crippen molar-refractivity contribution < 1.29 is 4.74 Å². The van der Waals surface area contributed by atoms with Crippen molar-refractivity contribution in [3.05, 3.63) is 83.7 Å². The first-order valence-electron chi connectivity index (χ1n) is 6.97. The van der Waals surface area contributed by atoms with E-state index < -0.39 is 0 Å². The molecule has 1 unspecified atom stereocenters. The summed E-state index contributed by atoms with van der Waals surface area (Å²) < 4.78 is 6.11. The molecule has 0 bridgehead atoms. The second-order valence-corrected chi connectivity index (χ2v) is 4.86. The maximum atomic E-state index is 6.11. The number of H-pyrrole nitrogens is 1. The highest BCUT2D eigenvalue weighted by atomic mass is 16.5. The number of hydrogen-bond donors (Lipinski definition) is 1. The lowest BCUT2D eigenvalue weighted by molar-refractivity contribution is 0.0393. The number of nitrogens with one attached hydrogen (secondary N) is 1. The molecule has 0 aliphatic carbocycles. The lowest BCUT2D eigenvalue weighted by Gasteiger charge is -2.17. The second kappa shape index (κ2) is 6.81. The predicted molar refractivity (Wildman–Crippen MR) is 80.5 cm³/mol. The Kier molecular flexibility index (Phi) is 4.39. The first kappa shape index (κ1) is 13.5. The van der Waals surface area contributed by atoms with Gasteiger partial charge in [0.05, 0.1) is 24.6 Å². The summed E-state index contributed by atoms with van der Waals surface area (Å²) >= 11 is 0. The first-order valence-corrected chi connectivity index (χ1v) is 6.97. The van der Waals surface area contributed by atoms with E-state index >= 15 is 0 Å². The van der Waals surface area contributed by atoms with Crippen LogP contribution in [0.2, 0.25) is 0 Å². The Balaban J connectivity index is 1.73. The van der Waals surface area contributed by atoms with Crippen molar-refractivity contribution in [3.8, 4) is 0 Å². The Morgan fingerprint density at radius 2 is 1.67 bits per heavy atom. The largest absolute Gasteiger partial charge is 0.368 e. The molecule has 0 saturated carbocycles. The van der Waals surface area contributed by atoms with Gasteiger partial charge in [-0.3, -0.25) is 0 Å². The van der Waals surface area contributed by atoms with E-state index in [-0.39, 0.29) is 6.10 Å². The molecule has 0 spiro atoms. The second-order valence-electron chi connectivity index (χ2n) is 4.86. The third-order valence-electron chi connectivity index (χ3n) is 3.32. The Morgan fingerprint density at radius 1 is 0.952 bits per heavy atom. The maximum Gasteiger partial charge on any atom is 0.0886 e. The fourth-order valence-electron chi connectivity index (χ4n) is 2.23. The zero-order chi connectivity index (χ0) is 14.3. The van der Waals surface area contributed by atoms with Crippen molar-refractivity contribution in [3.63, 3.8) is 0 Å². The molecule has 0 aliphatic rings. The summed E-state index contributed by atoms with van der Waals surface area (Å²) in [6, 6.07) is 20.4. The van der Waals surface area contributed by atoms with Crippen LogP contribution in [-0.4, -0.2) is 15.4 Å². The molecule has 3 rings (SSSR count). The molecule has 1 atom stereocenters. The summed E-state index contributed by atoms with van der Waals surface area (Å²) in [6.07, 6.45) is 2.41. The molecule has 0 amide bonds. The molecule has 0 saturated heterocycles. The normalized spacial score (nSPS) is 12.2. The molecule has 0 radical (unpaired) electrons. The van der Waals surface area contributed by atoms with E-state index in [9.17, 15) is 0 Å². The SMILES string of the molecule is c1ccc(COC(Cc2cn[nH]n2)c2ccccc2)cc1. The number of aromatic amines is 1. The molecule has 4 heteroatoms. The van der Waals surface area contributed by atoms with Gasteiger partial charge in [-0.2, -0.15) is 15.4 Å². The Morgan fingerprint density at radius 3 is 2.33 bits per heavy atom. The summed E-state index contributed by atoms with van der Waals surface area (Å²) in [5.41, 5.74) is 3.21. The molecule has 1 aromatic heterocycles. The fraction of sp³-hybridized carbons (Fsp3) is 0.176. The summed E-state index contributed by atoms with van der Waals surface area (Å²) in [5, 5.41) is 10.6. The number of benzene rings is 2. The number of ether oxygens (including phenoxy) is 1. The van der Waals surface area contributed by atoms with Crippen molar-refractivity contribution in [1.29, 1.82) is 0 Å². The topological polar surface area (TPSA) is 50.8 Å². The minimum Gasteiger partial charge on any atom is -0.368 e. The lowest BCUT2D eigenvalue weighted by atomic mass is 10.1. The van der Waals surface area contributed by atoms with Gasteiger partial charge in [-0.1, -0.05) is 60.7 Å². The van der Waals surface area contributed by atoms with Crippen LogP contribution in [0.15, 0.2) is 66.9 Å². The van der Waals surface area contributed by atoms with Crippen LogP contribution in [0.3, 0.4) is 0 Å². The van der Waals surface area contributed by atoms with E-state index in [1.807, 2.05) is 36.4 Å². The highest BCUT2D eigenvalue weighted by Crippen LogP contribution is 2.22. The number of nitrogens with zero attached hydrogens (tertiary/aromatic N) is 2. The van der Waals surface area contributed by atoms with Crippen LogP contribution >= 0.6 is 0 Å². The van der Waals surface area contributed by atoms with E-state index in [0.29, 0.717) is 13.0 Å². The molecule has 2 aromatic carbocycles. The minimum absolute atomic E-state index is 0.0310. The fourth-order valence-corrected chi connectivity index (χ4v) is 2.23. The number of hydrogen-bond acceptors (Lipinski definition) is 3. The average molecular weight is 279 g/mol. The van der Waals surface area contributed by atoms with Crippen molar-refractivity contribution in [2.75, 3.05) is 0 Å². The molecule has 0 aliphatic heterocycles. The Hall–Kier alpha value is -2.46. The van der Waals surface area contributed by atoms with E-state index in [1.165, 1.54) is 5.56 Å². The Labute approximate surface area is 123 Å². The van der Waals surface area contributed by atoms with Crippen LogP contribution in [-0.2, 0) is 17.8 Å². The van der Waals surface area contributed by atoms with Crippen molar-refractivity contribution in [1.82, 2.24) is 15.4 Å². The highest BCUT2D eigenvalue weighted by Gasteiger charge is 2.14. The van der Waals surface area contributed by atoms with Gasteiger partial charge in [0.25, 0.3) is 0 Å². The summed E-state index contributed by atoms with van der Waals surface area (Å²) in [5.74, 6) is 0. The van der Waals surface area contributed by atoms with Crippen LogP contribution < -0.4 is 0 Å². The van der Waals surface area contributed by atoms with Crippen LogP contribution in [0.4, 0.5) is 0 Å².